The second-order valence-corrected chi connectivity index (χ2v) is 3.49. The van der Waals surface area contributed by atoms with Crippen LogP contribution in [0.15, 0.2) is 12.4 Å². The standard InChI is InChI=1S/C10H16N4O3/c1-2-7(9(15)16)14-10(17)13-4-3-8-11-5-6-12-8/h5-7H,2-4H2,1H3,(H,11,12)(H,15,16)(H2,13,14,17)/t7-/m0/s1. The number of carboxylic acids is 1. The van der Waals surface area contributed by atoms with E-state index in [1.54, 1.807) is 19.3 Å². The lowest BCUT2D eigenvalue weighted by molar-refractivity contribution is -0.139. The van der Waals surface area contributed by atoms with Gasteiger partial charge in [0.2, 0.25) is 0 Å². The monoisotopic (exact) mass is 240 g/mol. The van der Waals surface area contributed by atoms with Crippen LogP contribution in [0.3, 0.4) is 0 Å². The number of rotatable bonds is 6. The molecule has 1 atom stereocenters. The van der Waals surface area contributed by atoms with Gasteiger partial charge in [-0.05, 0) is 6.42 Å². The molecule has 0 aromatic carbocycles. The molecule has 0 saturated carbocycles. The first kappa shape index (κ1) is 13.0. The van der Waals surface area contributed by atoms with Crippen molar-refractivity contribution in [3.8, 4) is 0 Å². The Morgan fingerprint density at radius 2 is 2.35 bits per heavy atom. The lowest BCUT2D eigenvalue weighted by Gasteiger charge is -2.12. The molecule has 4 N–H and O–H groups in total. The zero-order chi connectivity index (χ0) is 12.7. The molecule has 0 aliphatic heterocycles. The zero-order valence-corrected chi connectivity index (χ0v) is 9.56. The SMILES string of the molecule is CC[C@H](NC(=O)NCCc1ncc[nH]1)C(=O)O. The number of amides is 2. The normalized spacial score (nSPS) is 11.8. The minimum atomic E-state index is -1.03. The van der Waals surface area contributed by atoms with E-state index in [1.165, 1.54) is 0 Å². The van der Waals surface area contributed by atoms with Crippen LogP contribution in [0.2, 0.25) is 0 Å². The molecule has 0 aliphatic rings. The number of nitrogens with one attached hydrogen (secondary N) is 3. The first-order valence-electron chi connectivity index (χ1n) is 5.39. The van der Waals surface area contributed by atoms with Crippen LogP contribution < -0.4 is 10.6 Å². The number of carbonyl (C=O) groups excluding carboxylic acids is 1. The third-order valence-electron chi connectivity index (χ3n) is 2.21. The highest BCUT2D eigenvalue weighted by Crippen LogP contribution is 1.91. The number of carboxylic acid groups (broad SMARTS) is 1. The second-order valence-electron chi connectivity index (χ2n) is 3.49. The van der Waals surface area contributed by atoms with Crippen LogP contribution in [0.1, 0.15) is 19.2 Å². The molecule has 1 aromatic heterocycles. The van der Waals surface area contributed by atoms with Crippen molar-refractivity contribution in [2.45, 2.75) is 25.8 Å². The van der Waals surface area contributed by atoms with Gasteiger partial charge in [0, 0.05) is 25.4 Å². The summed E-state index contributed by atoms with van der Waals surface area (Å²) in [5.41, 5.74) is 0. The number of aliphatic carboxylic acids is 1. The van der Waals surface area contributed by atoms with E-state index in [9.17, 15) is 9.59 Å². The van der Waals surface area contributed by atoms with Gasteiger partial charge in [-0.2, -0.15) is 0 Å². The number of nitrogens with zero attached hydrogens (tertiary/aromatic N) is 1. The Morgan fingerprint density at radius 3 is 2.88 bits per heavy atom. The molecule has 0 bridgehead atoms. The highest BCUT2D eigenvalue weighted by atomic mass is 16.4. The molecule has 1 aromatic rings. The summed E-state index contributed by atoms with van der Waals surface area (Å²) in [5.74, 6) is -0.260. The summed E-state index contributed by atoms with van der Waals surface area (Å²) < 4.78 is 0. The molecule has 1 heterocycles. The summed E-state index contributed by atoms with van der Waals surface area (Å²) in [6.07, 6.45) is 4.26. The Morgan fingerprint density at radius 1 is 1.59 bits per heavy atom. The van der Waals surface area contributed by atoms with Crippen molar-refractivity contribution in [3.63, 3.8) is 0 Å². The lowest BCUT2D eigenvalue weighted by Crippen LogP contribution is -2.46. The summed E-state index contributed by atoms with van der Waals surface area (Å²) in [5, 5.41) is 13.7. The predicted octanol–water partition coefficient (Wildman–Crippen LogP) is 0.115. The van der Waals surface area contributed by atoms with Gasteiger partial charge < -0.3 is 20.7 Å². The molecule has 94 valence electrons. The van der Waals surface area contributed by atoms with Crippen LogP contribution in [0.25, 0.3) is 0 Å². The fourth-order valence-corrected chi connectivity index (χ4v) is 1.28. The number of hydrogen-bond donors (Lipinski definition) is 4. The van der Waals surface area contributed by atoms with E-state index < -0.39 is 18.0 Å². The summed E-state index contributed by atoms with van der Waals surface area (Å²) >= 11 is 0. The minimum Gasteiger partial charge on any atom is -0.480 e. The fraction of sp³-hybridized carbons (Fsp3) is 0.500. The smallest absolute Gasteiger partial charge is 0.326 e. The maximum atomic E-state index is 11.3. The number of carbonyl (C=O) groups is 2. The largest absolute Gasteiger partial charge is 0.480 e. The number of aromatic amines is 1. The van der Waals surface area contributed by atoms with Crippen molar-refractivity contribution in [2.24, 2.45) is 0 Å². The van der Waals surface area contributed by atoms with Crippen LogP contribution in [-0.4, -0.2) is 39.7 Å². The maximum Gasteiger partial charge on any atom is 0.326 e. The number of hydrogen-bond acceptors (Lipinski definition) is 3. The van der Waals surface area contributed by atoms with E-state index in [2.05, 4.69) is 20.6 Å². The van der Waals surface area contributed by atoms with E-state index in [4.69, 9.17) is 5.11 Å². The number of H-pyrrole nitrogens is 1. The van der Waals surface area contributed by atoms with Gasteiger partial charge in [0.25, 0.3) is 0 Å². The topological polar surface area (TPSA) is 107 Å². The highest BCUT2D eigenvalue weighted by molar-refractivity contribution is 5.82. The van der Waals surface area contributed by atoms with E-state index >= 15 is 0 Å². The molecule has 7 heteroatoms. The van der Waals surface area contributed by atoms with Crippen LogP contribution in [0, 0.1) is 0 Å². The molecule has 0 fully saturated rings. The molecule has 17 heavy (non-hydrogen) atoms. The lowest BCUT2D eigenvalue weighted by atomic mass is 10.2. The van der Waals surface area contributed by atoms with Gasteiger partial charge in [-0.1, -0.05) is 6.92 Å². The van der Waals surface area contributed by atoms with Crippen molar-refractivity contribution in [1.29, 1.82) is 0 Å². The molecular weight excluding hydrogens is 224 g/mol. The van der Waals surface area contributed by atoms with Gasteiger partial charge in [-0.15, -0.1) is 0 Å². The first-order chi connectivity index (χ1) is 8.13. The quantitative estimate of drug-likeness (QED) is 0.566. The van der Waals surface area contributed by atoms with Crippen LogP contribution in [0.4, 0.5) is 4.79 Å². The first-order valence-corrected chi connectivity index (χ1v) is 5.39. The highest BCUT2D eigenvalue weighted by Gasteiger charge is 2.16. The van der Waals surface area contributed by atoms with Crippen molar-refractivity contribution >= 4 is 12.0 Å². The molecule has 7 nitrogen and oxygen atoms in total. The fourth-order valence-electron chi connectivity index (χ4n) is 1.28. The Bertz CT molecular complexity index is 364. The summed E-state index contributed by atoms with van der Waals surface area (Å²) in [4.78, 5) is 28.9. The van der Waals surface area contributed by atoms with Crippen LogP contribution >= 0.6 is 0 Å². The van der Waals surface area contributed by atoms with Crippen molar-refractivity contribution in [3.05, 3.63) is 18.2 Å². The summed E-state index contributed by atoms with van der Waals surface area (Å²) in [7, 11) is 0. The average molecular weight is 240 g/mol. The molecule has 0 unspecified atom stereocenters. The molecule has 0 radical (unpaired) electrons. The Labute approximate surface area is 98.6 Å². The summed E-state index contributed by atoms with van der Waals surface area (Å²) in [6.45, 7) is 2.09. The van der Waals surface area contributed by atoms with Gasteiger partial charge in [0.05, 0.1) is 0 Å². The van der Waals surface area contributed by atoms with E-state index in [-0.39, 0.29) is 0 Å². The van der Waals surface area contributed by atoms with Gasteiger partial charge in [-0.25, -0.2) is 14.6 Å². The third-order valence-corrected chi connectivity index (χ3v) is 2.21. The van der Waals surface area contributed by atoms with Gasteiger partial charge in [0.15, 0.2) is 0 Å². The molecule has 1 rings (SSSR count). The van der Waals surface area contributed by atoms with Crippen LogP contribution in [-0.2, 0) is 11.2 Å². The number of urea groups is 1. The zero-order valence-electron chi connectivity index (χ0n) is 9.56. The summed E-state index contributed by atoms with van der Waals surface area (Å²) in [6, 6.07) is -1.33. The third kappa shape index (κ3) is 4.54. The Balaban J connectivity index is 2.23. The van der Waals surface area contributed by atoms with Gasteiger partial charge >= 0.3 is 12.0 Å². The van der Waals surface area contributed by atoms with Gasteiger partial charge in [0.1, 0.15) is 11.9 Å². The second kappa shape index (κ2) is 6.51. The Hall–Kier alpha value is -2.05. The maximum absolute atomic E-state index is 11.3. The molecule has 0 aliphatic carbocycles. The average Bonchev–Trinajstić information content (AvgIpc) is 2.78. The van der Waals surface area contributed by atoms with E-state index in [0.717, 1.165) is 5.82 Å². The van der Waals surface area contributed by atoms with Crippen molar-refractivity contribution in [1.82, 2.24) is 20.6 Å². The number of imidazole rings is 1. The molecule has 0 saturated heterocycles. The minimum absolute atomic E-state index is 0.348. The van der Waals surface area contributed by atoms with Gasteiger partial charge in [-0.3, -0.25) is 0 Å². The Kier molecular flexibility index (Phi) is 4.99. The van der Waals surface area contributed by atoms with E-state index in [0.29, 0.717) is 19.4 Å². The van der Waals surface area contributed by atoms with Crippen molar-refractivity contribution in [2.75, 3.05) is 6.54 Å². The van der Waals surface area contributed by atoms with Crippen LogP contribution in [0.5, 0.6) is 0 Å². The molecule has 2 amide bonds. The molecule has 0 spiro atoms. The number of aromatic nitrogens is 2. The van der Waals surface area contributed by atoms with Crippen molar-refractivity contribution < 1.29 is 14.7 Å². The predicted molar refractivity (Wildman–Crippen MR) is 60.5 cm³/mol. The van der Waals surface area contributed by atoms with E-state index in [1.807, 2.05) is 0 Å². The molecular formula is C10H16N4O3.